The molecule has 2 aliphatic rings. The van der Waals surface area contributed by atoms with Crippen LogP contribution >= 0.6 is 0 Å². The van der Waals surface area contributed by atoms with Crippen LogP contribution < -0.4 is 11.1 Å². The van der Waals surface area contributed by atoms with Crippen LogP contribution in [0, 0.1) is 11.8 Å². The maximum Gasteiger partial charge on any atom is 0.308 e. The average Bonchev–Trinajstić information content (AvgIpc) is 3.35. The highest BCUT2D eigenvalue weighted by molar-refractivity contribution is 5.84. The minimum atomic E-state index is -2.19. The molecular weight excluding hydrogens is 471 g/mol. The lowest BCUT2D eigenvalue weighted by Crippen LogP contribution is -2.44. The van der Waals surface area contributed by atoms with E-state index in [1.165, 1.54) is 17.8 Å². The van der Waals surface area contributed by atoms with Crippen LogP contribution in [0.4, 0.5) is 16.2 Å². The fraction of sp³-hybridized carbons (Fsp3) is 0.708. The summed E-state index contributed by atoms with van der Waals surface area (Å²) in [4.78, 5) is 37.6. The average molecular weight is 507 g/mol. The number of halogens is 1. The molecule has 36 heavy (non-hydrogen) atoms. The molecule has 12 heteroatoms. The van der Waals surface area contributed by atoms with E-state index in [2.05, 4.69) is 20.3 Å². The third-order valence-electron chi connectivity index (χ3n) is 6.91. The number of imidazole rings is 1. The van der Waals surface area contributed by atoms with E-state index in [4.69, 9.17) is 19.9 Å². The number of alkyl halides is 1. The molecule has 3 heterocycles. The van der Waals surface area contributed by atoms with Crippen molar-refractivity contribution in [2.45, 2.75) is 83.4 Å². The first-order valence-corrected chi connectivity index (χ1v) is 12.5. The van der Waals surface area contributed by atoms with Gasteiger partial charge in [-0.3, -0.25) is 14.2 Å². The number of carbonyl (C=O) groups excluding carboxylic acids is 2. The van der Waals surface area contributed by atoms with Crippen LogP contribution in [0.1, 0.15) is 65.5 Å². The predicted molar refractivity (Wildman–Crippen MR) is 130 cm³/mol. The molecule has 198 valence electrons. The number of aromatic nitrogens is 4. The molecule has 1 saturated carbocycles. The Labute approximate surface area is 209 Å². The summed E-state index contributed by atoms with van der Waals surface area (Å²) in [6.45, 7) is 4.43. The zero-order valence-corrected chi connectivity index (χ0v) is 21.2. The Morgan fingerprint density at radius 2 is 2.03 bits per heavy atom. The molecular formula is C24H35FN6O5. The molecule has 4 rings (SSSR count). The number of nitrogens with one attached hydrogen (secondary N) is 1. The molecule has 1 saturated heterocycles. The van der Waals surface area contributed by atoms with Gasteiger partial charge in [0.25, 0.3) is 0 Å². The van der Waals surface area contributed by atoms with E-state index < -0.39 is 36.0 Å². The van der Waals surface area contributed by atoms with Gasteiger partial charge in [0, 0.05) is 13.5 Å². The number of esters is 2. The highest BCUT2D eigenvalue weighted by Crippen LogP contribution is 2.44. The minimum absolute atomic E-state index is 0.0231. The maximum absolute atomic E-state index is 16.5. The Morgan fingerprint density at radius 1 is 1.31 bits per heavy atom. The summed E-state index contributed by atoms with van der Waals surface area (Å²) >= 11 is 0. The predicted octanol–water partition coefficient (Wildman–Crippen LogP) is 3.16. The van der Waals surface area contributed by atoms with E-state index in [1.54, 1.807) is 20.9 Å². The van der Waals surface area contributed by atoms with Crippen LogP contribution in [0.3, 0.4) is 0 Å². The molecule has 2 fully saturated rings. The van der Waals surface area contributed by atoms with E-state index in [0.29, 0.717) is 11.3 Å². The third-order valence-corrected chi connectivity index (χ3v) is 6.91. The first-order valence-electron chi connectivity index (χ1n) is 12.5. The number of hydrogen-bond donors (Lipinski definition) is 2. The summed E-state index contributed by atoms with van der Waals surface area (Å²) in [5.41, 5.74) is 4.30. The number of nitrogen functional groups attached to an aromatic ring is 1. The molecule has 4 atom stereocenters. The lowest BCUT2D eigenvalue weighted by molar-refractivity contribution is -0.163. The molecule has 0 aromatic carbocycles. The molecule has 2 aromatic heterocycles. The fourth-order valence-electron chi connectivity index (χ4n) is 4.96. The standard InChI is InChI=1S/C24H35FN6O5/c1-13(2)21(33)34-11-15-18(36-16(32)10-14-8-6-5-7-9-14)24(3,25)22(35-15)31-12-28-17-19(27-4)29-23(26)30-20(17)31/h12-15,18,22H,5-11H2,1-4H3,(H3,26,27,29,30)/t15-,18-,22-,24-/m1/s1. The molecule has 3 N–H and O–H groups in total. The molecule has 0 radical (unpaired) electrons. The Balaban J connectivity index is 1.61. The number of nitrogens with two attached hydrogens (primary N) is 1. The summed E-state index contributed by atoms with van der Waals surface area (Å²) in [5.74, 6) is -0.729. The molecule has 0 unspecified atom stereocenters. The summed E-state index contributed by atoms with van der Waals surface area (Å²) in [6, 6.07) is 0. The van der Waals surface area contributed by atoms with Gasteiger partial charge in [0.05, 0.1) is 12.2 Å². The van der Waals surface area contributed by atoms with Gasteiger partial charge in [0.1, 0.15) is 12.7 Å². The van der Waals surface area contributed by atoms with E-state index in [9.17, 15) is 9.59 Å². The van der Waals surface area contributed by atoms with Crippen molar-refractivity contribution in [3.63, 3.8) is 0 Å². The Morgan fingerprint density at radius 3 is 2.69 bits per heavy atom. The highest BCUT2D eigenvalue weighted by Gasteiger charge is 2.58. The number of ether oxygens (including phenoxy) is 3. The second kappa shape index (κ2) is 10.5. The smallest absolute Gasteiger partial charge is 0.308 e. The second-order valence-electron chi connectivity index (χ2n) is 10.1. The summed E-state index contributed by atoms with van der Waals surface area (Å²) in [5, 5.41) is 2.89. The molecule has 1 aliphatic carbocycles. The van der Waals surface area contributed by atoms with Gasteiger partial charge in [-0.1, -0.05) is 33.1 Å². The number of nitrogens with zero attached hydrogens (tertiary/aromatic N) is 4. The third kappa shape index (κ3) is 5.23. The SMILES string of the molecule is CNc1nc(N)nc2c1ncn2[C@@H]1O[C@H](COC(=O)C(C)C)[C@@H](OC(=O)CC2CCCCC2)[C@@]1(C)F. The first-order chi connectivity index (χ1) is 17.1. The molecule has 1 aliphatic heterocycles. The van der Waals surface area contributed by atoms with Crippen LogP contribution in [-0.4, -0.2) is 63.0 Å². The van der Waals surface area contributed by atoms with Crippen molar-refractivity contribution in [2.75, 3.05) is 24.7 Å². The number of carbonyl (C=O) groups is 2. The van der Waals surface area contributed by atoms with Gasteiger partial charge in [-0.05, 0) is 25.7 Å². The van der Waals surface area contributed by atoms with Crippen LogP contribution in [0.2, 0.25) is 0 Å². The van der Waals surface area contributed by atoms with Crippen LogP contribution in [0.25, 0.3) is 11.2 Å². The lowest BCUT2D eigenvalue weighted by Gasteiger charge is -2.28. The Hall–Kier alpha value is -3.02. The summed E-state index contributed by atoms with van der Waals surface area (Å²) < 4.78 is 35.0. The number of hydrogen-bond acceptors (Lipinski definition) is 10. The van der Waals surface area contributed by atoms with Gasteiger partial charge in [0.2, 0.25) is 5.95 Å². The fourth-order valence-corrected chi connectivity index (χ4v) is 4.96. The normalized spacial score (nSPS) is 26.9. The van der Waals surface area contributed by atoms with Crippen molar-refractivity contribution in [1.29, 1.82) is 0 Å². The van der Waals surface area contributed by atoms with Crippen LogP contribution in [-0.2, 0) is 23.8 Å². The Bertz CT molecular complexity index is 1100. The molecule has 0 spiro atoms. The number of rotatable bonds is 8. The minimum Gasteiger partial charge on any atom is -0.463 e. The monoisotopic (exact) mass is 506 g/mol. The van der Waals surface area contributed by atoms with Gasteiger partial charge in [0.15, 0.2) is 35.0 Å². The van der Waals surface area contributed by atoms with Crippen molar-refractivity contribution in [3.05, 3.63) is 6.33 Å². The number of anilines is 2. The van der Waals surface area contributed by atoms with Crippen molar-refractivity contribution in [1.82, 2.24) is 19.5 Å². The lowest BCUT2D eigenvalue weighted by atomic mass is 9.87. The molecule has 0 amide bonds. The van der Waals surface area contributed by atoms with Gasteiger partial charge >= 0.3 is 11.9 Å². The topological polar surface area (TPSA) is 143 Å². The number of fused-ring (bicyclic) bond motifs is 1. The zero-order chi connectivity index (χ0) is 26.0. The van der Waals surface area contributed by atoms with Crippen molar-refractivity contribution in [2.24, 2.45) is 11.8 Å². The molecule has 0 bridgehead atoms. The van der Waals surface area contributed by atoms with Crippen LogP contribution in [0.15, 0.2) is 6.33 Å². The van der Waals surface area contributed by atoms with Gasteiger partial charge in [-0.25, -0.2) is 9.37 Å². The maximum atomic E-state index is 16.5. The van der Waals surface area contributed by atoms with Crippen LogP contribution in [0.5, 0.6) is 0 Å². The first kappa shape index (κ1) is 26.1. The van der Waals surface area contributed by atoms with E-state index >= 15 is 4.39 Å². The molecule has 2 aromatic rings. The molecule has 11 nitrogen and oxygen atoms in total. The van der Waals surface area contributed by atoms with Crippen molar-refractivity contribution < 1.29 is 28.2 Å². The Kier molecular flexibility index (Phi) is 7.62. The second-order valence-corrected chi connectivity index (χ2v) is 10.1. The zero-order valence-electron chi connectivity index (χ0n) is 21.2. The van der Waals surface area contributed by atoms with E-state index in [0.717, 1.165) is 32.1 Å². The van der Waals surface area contributed by atoms with Gasteiger partial charge in [-0.15, -0.1) is 0 Å². The van der Waals surface area contributed by atoms with Crippen molar-refractivity contribution in [3.8, 4) is 0 Å². The summed E-state index contributed by atoms with van der Waals surface area (Å²) in [6.07, 6.45) is 3.23. The highest BCUT2D eigenvalue weighted by atomic mass is 19.1. The quantitative estimate of drug-likeness (QED) is 0.512. The largest absolute Gasteiger partial charge is 0.463 e. The summed E-state index contributed by atoms with van der Waals surface area (Å²) in [7, 11) is 1.66. The van der Waals surface area contributed by atoms with E-state index in [-0.39, 0.29) is 36.5 Å². The van der Waals surface area contributed by atoms with Gasteiger partial charge in [-0.2, -0.15) is 9.97 Å². The van der Waals surface area contributed by atoms with Crippen molar-refractivity contribution >= 4 is 34.9 Å². The van der Waals surface area contributed by atoms with E-state index in [1.807, 2.05) is 0 Å². The van der Waals surface area contributed by atoms with Gasteiger partial charge < -0.3 is 25.3 Å².